The van der Waals surface area contributed by atoms with Gasteiger partial charge in [0.05, 0.1) is 12.4 Å². The second kappa shape index (κ2) is 3.94. The first-order valence-electron chi connectivity index (χ1n) is 5.76. The Morgan fingerprint density at radius 3 is 3.13 bits per heavy atom. The lowest BCUT2D eigenvalue weighted by Crippen LogP contribution is -2.37. The van der Waals surface area contributed by atoms with Gasteiger partial charge in [0.2, 0.25) is 0 Å². The molecular formula is C11H17N3O. The van der Waals surface area contributed by atoms with Crippen LogP contribution in [-0.4, -0.2) is 28.7 Å². The molecule has 15 heavy (non-hydrogen) atoms. The Hall–Kier alpha value is -0.870. The van der Waals surface area contributed by atoms with Crippen LogP contribution >= 0.6 is 0 Å². The topological polar surface area (TPSA) is 49.9 Å². The number of nitrogens with one attached hydrogen (secondary N) is 2. The molecule has 2 N–H and O–H groups in total. The quantitative estimate of drug-likeness (QED) is 0.776. The zero-order valence-electron chi connectivity index (χ0n) is 8.78. The smallest absolute Gasteiger partial charge is 0.0922 e. The number of imidazole rings is 1. The van der Waals surface area contributed by atoms with Crippen molar-refractivity contribution >= 4 is 0 Å². The summed E-state index contributed by atoms with van der Waals surface area (Å²) < 4.78 is 5.77. The molecule has 0 bridgehead atoms. The summed E-state index contributed by atoms with van der Waals surface area (Å²) in [4.78, 5) is 7.11. The zero-order chi connectivity index (χ0) is 10.1. The van der Waals surface area contributed by atoms with E-state index in [1.54, 1.807) is 6.33 Å². The predicted octanol–water partition coefficient (Wildman–Crippen LogP) is 1.07. The Bertz CT molecular complexity index is 308. The second-order valence-electron chi connectivity index (χ2n) is 4.53. The Morgan fingerprint density at radius 1 is 1.47 bits per heavy atom. The summed E-state index contributed by atoms with van der Waals surface area (Å²) in [5.41, 5.74) is 1.15. The summed E-state index contributed by atoms with van der Waals surface area (Å²) in [6, 6.07) is 0.542. The normalized spacial score (nSPS) is 30.9. The number of hydrogen-bond acceptors (Lipinski definition) is 3. The van der Waals surface area contributed by atoms with Gasteiger partial charge in [-0.25, -0.2) is 4.98 Å². The van der Waals surface area contributed by atoms with Crippen LogP contribution in [0, 0.1) is 5.92 Å². The molecule has 1 aliphatic heterocycles. The third kappa shape index (κ3) is 2.06. The van der Waals surface area contributed by atoms with E-state index in [-0.39, 0.29) is 0 Å². The first-order valence-corrected chi connectivity index (χ1v) is 5.76. The van der Waals surface area contributed by atoms with E-state index in [0.717, 1.165) is 31.2 Å². The number of aromatic nitrogens is 2. The van der Waals surface area contributed by atoms with E-state index >= 15 is 0 Å². The molecule has 2 heterocycles. The summed E-state index contributed by atoms with van der Waals surface area (Å²) in [7, 11) is 0. The minimum atomic E-state index is 0.466. The molecule has 0 amide bonds. The molecule has 2 aliphatic rings. The lowest BCUT2D eigenvalue weighted by molar-refractivity contribution is 0.0808. The number of hydrogen-bond donors (Lipinski definition) is 2. The van der Waals surface area contributed by atoms with Crippen LogP contribution in [-0.2, 0) is 11.3 Å². The standard InChI is InChI=1S/C11H17N3O/c1-2-8(1)11-10(3-4-15-11)13-6-9-5-12-7-14-9/h5,7-8,10-11,13H,1-4,6H2,(H,12,14). The molecule has 3 rings (SSSR count). The molecule has 1 aromatic heterocycles. The lowest BCUT2D eigenvalue weighted by Gasteiger charge is -2.18. The van der Waals surface area contributed by atoms with Crippen molar-refractivity contribution in [2.75, 3.05) is 6.61 Å². The minimum Gasteiger partial charge on any atom is -0.376 e. The van der Waals surface area contributed by atoms with Gasteiger partial charge in [0.15, 0.2) is 0 Å². The van der Waals surface area contributed by atoms with Crippen LogP contribution in [0.25, 0.3) is 0 Å². The predicted molar refractivity (Wildman–Crippen MR) is 56.3 cm³/mol. The number of H-pyrrole nitrogens is 1. The van der Waals surface area contributed by atoms with E-state index in [2.05, 4.69) is 15.3 Å². The summed E-state index contributed by atoms with van der Waals surface area (Å²) in [5, 5.41) is 3.56. The van der Waals surface area contributed by atoms with E-state index in [1.807, 2.05) is 6.20 Å². The molecule has 0 radical (unpaired) electrons. The van der Waals surface area contributed by atoms with E-state index in [4.69, 9.17) is 4.74 Å². The SMILES string of the molecule is c1ncc(CNC2CCOC2C2CC2)[nH]1. The van der Waals surface area contributed by atoms with Crippen molar-refractivity contribution in [3.05, 3.63) is 18.2 Å². The van der Waals surface area contributed by atoms with Gasteiger partial charge in [0.1, 0.15) is 0 Å². The second-order valence-corrected chi connectivity index (χ2v) is 4.53. The molecule has 1 aromatic rings. The Morgan fingerprint density at radius 2 is 2.40 bits per heavy atom. The molecule has 4 heteroatoms. The molecule has 0 aromatic carbocycles. The summed E-state index contributed by atoms with van der Waals surface area (Å²) >= 11 is 0. The highest BCUT2D eigenvalue weighted by molar-refractivity contribution is 4.97. The van der Waals surface area contributed by atoms with Crippen LogP contribution in [0.2, 0.25) is 0 Å². The number of rotatable bonds is 4. The van der Waals surface area contributed by atoms with Gasteiger partial charge in [-0.3, -0.25) is 0 Å². The minimum absolute atomic E-state index is 0.466. The van der Waals surface area contributed by atoms with Gasteiger partial charge in [-0.15, -0.1) is 0 Å². The van der Waals surface area contributed by atoms with Gasteiger partial charge < -0.3 is 15.0 Å². The molecule has 1 saturated heterocycles. The molecule has 4 nitrogen and oxygen atoms in total. The van der Waals surface area contributed by atoms with Gasteiger partial charge in [-0.1, -0.05) is 0 Å². The first-order chi connectivity index (χ1) is 7.43. The van der Waals surface area contributed by atoms with Crippen molar-refractivity contribution in [1.82, 2.24) is 15.3 Å². The lowest BCUT2D eigenvalue weighted by atomic mass is 10.1. The van der Waals surface area contributed by atoms with Crippen molar-refractivity contribution in [3.63, 3.8) is 0 Å². The van der Waals surface area contributed by atoms with Crippen LogP contribution in [0.15, 0.2) is 12.5 Å². The van der Waals surface area contributed by atoms with Gasteiger partial charge in [0.25, 0.3) is 0 Å². The third-order valence-corrected chi connectivity index (χ3v) is 3.33. The fraction of sp³-hybridized carbons (Fsp3) is 0.727. The highest BCUT2D eigenvalue weighted by Crippen LogP contribution is 2.38. The molecule has 1 aliphatic carbocycles. The molecule has 82 valence electrons. The van der Waals surface area contributed by atoms with Crippen LogP contribution < -0.4 is 5.32 Å². The van der Waals surface area contributed by atoms with Crippen molar-refractivity contribution in [2.45, 2.75) is 38.0 Å². The van der Waals surface area contributed by atoms with Crippen LogP contribution in [0.1, 0.15) is 25.0 Å². The fourth-order valence-electron chi connectivity index (χ4n) is 2.34. The number of nitrogens with zero attached hydrogens (tertiary/aromatic N) is 1. The van der Waals surface area contributed by atoms with Gasteiger partial charge in [-0.2, -0.15) is 0 Å². The summed E-state index contributed by atoms with van der Waals surface area (Å²) in [6.45, 7) is 1.79. The summed E-state index contributed by atoms with van der Waals surface area (Å²) in [5.74, 6) is 0.826. The van der Waals surface area contributed by atoms with E-state index in [0.29, 0.717) is 12.1 Å². The van der Waals surface area contributed by atoms with Crippen LogP contribution in [0.5, 0.6) is 0 Å². The molecule has 2 unspecified atom stereocenters. The maximum atomic E-state index is 5.77. The monoisotopic (exact) mass is 207 g/mol. The molecule has 0 spiro atoms. The number of aromatic amines is 1. The zero-order valence-corrected chi connectivity index (χ0v) is 8.78. The average molecular weight is 207 g/mol. The highest BCUT2D eigenvalue weighted by Gasteiger charge is 2.40. The van der Waals surface area contributed by atoms with Gasteiger partial charge in [0, 0.05) is 31.1 Å². The molecule has 2 fully saturated rings. The Balaban J connectivity index is 1.53. The van der Waals surface area contributed by atoms with E-state index < -0.39 is 0 Å². The molecular weight excluding hydrogens is 190 g/mol. The van der Waals surface area contributed by atoms with E-state index in [9.17, 15) is 0 Å². The molecule has 2 atom stereocenters. The largest absolute Gasteiger partial charge is 0.376 e. The molecule has 1 saturated carbocycles. The first kappa shape index (κ1) is 9.36. The number of ether oxygens (including phenoxy) is 1. The maximum absolute atomic E-state index is 5.77. The maximum Gasteiger partial charge on any atom is 0.0922 e. The van der Waals surface area contributed by atoms with Crippen LogP contribution in [0.3, 0.4) is 0 Å². The van der Waals surface area contributed by atoms with Crippen molar-refractivity contribution in [2.24, 2.45) is 5.92 Å². The third-order valence-electron chi connectivity index (χ3n) is 3.33. The van der Waals surface area contributed by atoms with Gasteiger partial charge >= 0.3 is 0 Å². The Labute approximate surface area is 89.4 Å². The average Bonchev–Trinajstić information content (AvgIpc) is 2.81. The summed E-state index contributed by atoms with van der Waals surface area (Å²) in [6.07, 6.45) is 7.91. The van der Waals surface area contributed by atoms with E-state index in [1.165, 1.54) is 12.8 Å². The van der Waals surface area contributed by atoms with Gasteiger partial charge in [-0.05, 0) is 25.2 Å². The van der Waals surface area contributed by atoms with Crippen molar-refractivity contribution in [3.8, 4) is 0 Å². The Kier molecular flexibility index (Phi) is 2.46. The van der Waals surface area contributed by atoms with Crippen molar-refractivity contribution < 1.29 is 4.74 Å². The fourth-order valence-corrected chi connectivity index (χ4v) is 2.34. The van der Waals surface area contributed by atoms with Crippen molar-refractivity contribution in [1.29, 1.82) is 0 Å². The van der Waals surface area contributed by atoms with Crippen LogP contribution in [0.4, 0.5) is 0 Å². The highest BCUT2D eigenvalue weighted by atomic mass is 16.5.